The summed E-state index contributed by atoms with van der Waals surface area (Å²) in [6.45, 7) is 1.72. The Hall–Kier alpha value is -1.57. The first kappa shape index (κ1) is 8.53. The fourth-order valence-electron chi connectivity index (χ4n) is 0.911. The Labute approximate surface area is 71.2 Å². The molecule has 1 rings (SSSR count). The number of phenols is 1. The average Bonchev–Trinajstić information content (AvgIpc) is 2.04. The Bertz CT molecular complexity index is 313. The smallest absolute Gasteiger partial charge is 0.145 e. The first-order valence-corrected chi connectivity index (χ1v) is 3.65. The van der Waals surface area contributed by atoms with Crippen molar-refractivity contribution in [3.8, 4) is 5.75 Å². The van der Waals surface area contributed by atoms with Gasteiger partial charge in [0.1, 0.15) is 12.0 Å². The lowest BCUT2D eigenvalue weighted by molar-refractivity contribution is -0.104. The third kappa shape index (κ3) is 2.23. The molecule has 0 atom stereocenters. The molecule has 0 saturated heterocycles. The molecule has 0 fully saturated rings. The minimum atomic E-state index is 0.211. The summed E-state index contributed by atoms with van der Waals surface area (Å²) >= 11 is 0. The van der Waals surface area contributed by atoms with Gasteiger partial charge in [-0.25, -0.2) is 0 Å². The lowest BCUT2D eigenvalue weighted by Gasteiger charge is -1.94. The SMILES string of the molecule is C/C(C=O)=C\c1cccc(O)c1. The fourth-order valence-corrected chi connectivity index (χ4v) is 0.911. The average molecular weight is 162 g/mol. The van der Waals surface area contributed by atoms with Crippen molar-refractivity contribution in [1.82, 2.24) is 0 Å². The van der Waals surface area contributed by atoms with E-state index in [1.54, 1.807) is 31.2 Å². The summed E-state index contributed by atoms with van der Waals surface area (Å²) in [5.41, 5.74) is 1.47. The number of carbonyl (C=O) groups excluding carboxylic acids is 1. The zero-order valence-electron chi connectivity index (χ0n) is 6.82. The summed E-state index contributed by atoms with van der Waals surface area (Å²) < 4.78 is 0. The Kier molecular flexibility index (Phi) is 2.64. The number of benzene rings is 1. The van der Waals surface area contributed by atoms with E-state index < -0.39 is 0 Å². The number of hydrogen-bond acceptors (Lipinski definition) is 2. The highest BCUT2D eigenvalue weighted by Crippen LogP contribution is 2.13. The molecular formula is C10H10O2. The predicted octanol–water partition coefficient (Wildman–Crippen LogP) is 1.99. The van der Waals surface area contributed by atoms with Crippen molar-refractivity contribution in [2.24, 2.45) is 0 Å². The maximum absolute atomic E-state index is 10.3. The Balaban J connectivity index is 2.97. The second-order valence-electron chi connectivity index (χ2n) is 2.60. The van der Waals surface area contributed by atoms with Crippen molar-refractivity contribution in [3.63, 3.8) is 0 Å². The number of hydrogen-bond donors (Lipinski definition) is 1. The monoisotopic (exact) mass is 162 g/mol. The van der Waals surface area contributed by atoms with E-state index in [-0.39, 0.29) is 5.75 Å². The molecule has 2 nitrogen and oxygen atoms in total. The highest BCUT2D eigenvalue weighted by molar-refractivity contribution is 5.80. The number of phenolic OH excluding ortho intramolecular Hbond substituents is 1. The molecule has 0 aliphatic heterocycles. The van der Waals surface area contributed by atoms with E-state index in [0.29, 0.717) is 5.57 Å². The summed E-state index contributed by atoms with van der Waals surface area (Å²) in [6, 6.07) is 6.76. The highest BCUT2D eigenvalue weighted by Gasteiger charge is 1.90. The Morgan fingerprint density at radius 2 is 2.25 bits per heavy atom. The van der Waals surface area contributed by atoms with Gasteiger partial charge in [0, 0.05) is 0 Å². The zero-order chi connectivity index (χ0) is 8.97. The van der Waals surface area contributed by atoms with Gasteiger partial charge in [-0.05, 0) is 36.3 Å². The number of aldehydes is 1. The first-order valence-electron chi connectivity index (χ1n) is 3.65. The van der Waals surface area contributed by atoms with Crippen molar-refractivity contribution >= 4 is 12.4 Å². The molecule has 0 radical (unpaired) electrons. The minimum Gasteiger partial charge on any atom is -0.508 e. The molecule has 12 heavy (non-hydrogen) atoms. The van der Waals surface area contributed by atoms with Gasteiger partial charge in [-0.1, -0.05) is 12.1 Å². The summed E-state index contributed by atoms with van der Waals surface area (Å²) in [4.78, 5) is 10.3. The van der Waals surface area contributed by atoms with Crippen LogP contribution in [0.3, 0.4) is 0 Å². The molecule has 0 bridgehead atoms. The van der Waals surface area contributed by atoms with Crippen LogP contribution in [0.5, 0.6) is 5.75 Å². The van der Waals surface area contributed by atoms with Crippen molar-refractivity contribution in [3.05, 3.63) is 35.4 Å². The molecule has 2 heteroatoms. The van der Waals surface area contributed by atoms with Gasteiger partial charge in [-0.3, -0.25) is 4.79 Å². The second kappa shape index (κ2) is 3.72. The van der Waals surface area contributed by atoms with Gasteiger partial charge >= 0.3 is 0 Å². The Morgan fingerprint density at radius 3 is 2.83 bits per heavy atom. The van der Waals surface area contributed by atoms with Gasteiger partial charge in [-0.15, -0.1) is 0 Å². The molecule has 1 N–H and O–H groups in total. The van der Waals surface area contributed by atoms with E-state index in [2.05, 4.69) is 0 Å². The van der Waals surface area contributed by atoms with Crippen LogP contribution in [0, 0.1) is 0 Å². The van der Waals surface area contributed by atoms with Crippen molar-refractivity contribution in [2.45, 2.75) is 6.92 Å². The van der Waals surface area contributed by atoms with E-state index in [0.717, 1.165) is 11.8 Å². The van der Waals surface area contributed by atoms with Crippen molar-refractivity contribution in [1.29, 1.82) is 0 Å². The first-order chi connectivity index (χ1) is 5.72. The number of rotatable bonds is 2. The van der Waals surface area contributed by atoms with E-state index >= 15 is 0 Å². The van der Waals surface area contributed by atoms with Gasteiger partial charge in [0.15, 0.2) is 0 Å². The summed E-state index contributed by atoms with van der Waals surface area (Å²) in [7, 11) is 0. The minimum absolute atomic E-state index is 0.211. The quantitative estimate of drug-likeness (QED) is 0.533. The van der Waals surface area contributed by atoms with Crippen molar-refractivity contribution < 1.29 is 9.90 Å². The lowest BCUT2D eigenvalue weighted by atomic mass is 10.1. The molecule has 0 spiro atoms. The van der Waals surface area contributed by atoms with Gasteiger partial charge in [0.2, 0.25) is 0 Å². The van der Waals surface area contributed by atoms with Gasteiger partial charge < -0.3 is 5.11 Å². The molecule has 0 unspecified atom stereocenters. The van der Waals surface area contributed by atoms with E-state index in [1.807, 2.05) is 6.07 Å². The number of carbonyl (C=O) groups is 1. The molecule has 62 valence electrons. The molecule has 0 amide bonds. The molecule has 0 aliphatic rings. The molecule has 0 saturated carbocycles. The van der Waals surface area contributed by atoms with Crippen LogP contribution in [0.15, 0.2) is 29.8 Å². The van der Waals surface area contributed by atoms with Crippen molar-refractivity contribution in [2.75, 3.05) is 0 Å². The van der Waals surface area contributed by atoms with Crippen LogP contribution >= 0.6 is 0 Å². The van der Waals surface area contributed by atoms with Gasteiger partial charge in [0.05, 0.1) is 0 Å². The maximum atomic E-state index is 10.3. The highest BCUT2D eigenvalue weighted by atomic mass is 16.3. The van der Waals surface area contributed by atoms with Crippen LogP contribution in [-0.4, -0.2) is 11.4 Å². The summed E-state index contributed by atoms with van der Waals surface area (Å²) in [5, 5.41) is 9.08. The zero-order valence-corrected chi connectivity index (χ0v) is 6.82. The molecule has 1 aromatic rings. The fraction of sp³-hybridized carbons (Fsp3) is 0.100. The number of aromatic hydroxyl groups is 1. The van der Waals surface area contributed by atoms with E-state index in [9.17, 15) is 4.79 Å². The maximum Gasteiger partial charge on any atom is 0.145 e. The molecule has 0 heterocycles. The molecule has 1 aromatic carbocycles. The van der Waals surface area contributed by atoms with Crippen LogP contribution in [0.4, 0.5) is 0 Å². The Morgan fingerprint density at radius 1 is 1.50 bits per heavy atom. The lowest BCUT2D eigenvalue weighted by Crippen LogP contribution is -1.77. The summed E-state index contributed by atoms with van der Waals surface area (Å²) in [6.07, 6.45) is 2.50. The van der Waals surface area contributed by atoms with Crippen LogP contribution in [0.2, 0.25) is 0 Å². The number of allylic oxidation sites excluding steroid dienone is 1. The van der Waals surface area contributed by atoms with E-state index in [4.69, 9.17) is 5.11 Å². The topological polar surface area (TPSA) is 37.3 Å². The molecular weight excluding hydrogens is 152 g/mol. The standard InChI is InChI=1S/C10H10O2/c1-8(7-11)5-9-3-2-4-10(12)6-9/h2-7,12H,1H3/b8-5+. The normalized spacial score (nSPS) is 11.2. The summed E-state index contributed by atoms with van der Waals surface area (Å²) in [5.74, 6) is 0.211. The third-order valence-electron chi connectivity index (χ3n) is 1.45. The predicted molar refractivity (Wildman–Crippen MR) is 47.8 cm³/mol. The third-order valence-corrected chi connectivity index (χ3v) is 1.45. The van der Waals surface area contributed by atoms with Crippen LogP contribution in [0.25, 0.3) is 6.08 Å². The molecule has 0 aliphatic carbocycles. The van der Waals surface area contributed by atoms with Gasteiger partial charge in [-0.2, -0.15) is 0 Å². The van der Waals surface area contributed by atoms with Crippen LogP contribution in [0.1, 0.15) is 12.5 Å². The molecule has 0 aromatic heterocycles. The van der Waals surface area contributed by atoms with Gasteiger partial charge in [0.25, 0.3) is 0 Å². The van der Waals surface area contributed by atoms with E-state index in [1.165, 1.54) is 0 Å². The largest absolute Gasteiger partial charge is 0.508 e. The second-order valence-corrected chi connectivity index (χ2v) is 2.60. The van der Waals surface area contributed by atoms with Crippen LogP contribution < -0.4 is 0 Å². The van der Waals surface area contributed by atoms with Crippen LogP contribution in [-0.2, 0) is 4.79 Å².